The number of hydrogen-bond donors (Lipinski definition) is 0. The van der Waals surface area contributed by atoms with Crippen molar-refractivity contribution in [2.75, 3.05) is 0 Å². The van der Waals surface area contributed by atoms with Gasteiger partial charge in [-0.25, -0.2) is 4.79 Å². The highest BCUT2D eigenvalue weighted by Gasteiger charge is 2.22. The Bertz CT molecular complexity index is 1310. The van der Waals surface area contributed by atoms with Gasteiger partial charge >= 0.3 is 11.9 Å². The van der Waals surface area contributed by atoms with Crippen LogP contribution in [0.15, 0.2) is 109 Å². The summed E-state index contributed by atoms with van der Waals surface area (Å²) in [7, 11) is 0. The number of carbonyl (C=O) groups excluding carboxylic acids is 3. The second-order valence-corrected chi connectivity index (χ2v) is 7.66. The van der Waals surface area contributed by atoms with E-state index in [2.05, 4.69) is 0 Å². The highest BCUT2D eigenvalue weighted by Crippen LogP contribution is 2.25. The summed E-state index contributed by atoms with van der Waals surface area (Å²) < 4.78 is 11.0. The second kappa shape index (κ2) is 10.4. The summed E-state index contributed by atoms with van der Waals surface area (Å²) in [5.74, 6) is -1.47. The fourth-order valence-electron chi connectivity index (χ4n) is 3.41. The summed E-state index contributed by atoms with van der Waals surface area (Å²) in [6.07, 6.45) is 0. The Morgan fingerprint density at radius 3 is 2.00 bits per heavy atom. The molecule has 0 spiro atoms. The first-order chi connectivity index (χ1) is 16.5. The molecule has 1 atom stereocenters. The molecule has 0 saturated carbocycles. The maximum atomic E-state index is 12.9. The smallest absolute Gasteiger partial charge is 0.347 e. The Morgan fingerprint density at radius 1 is 0.647 bits per heavy atom. The van der Waals surface area contributed by atoms with Gasteiger partial charge in [-0.1, -0.05) is 78.9 Å². The maximum Gasteiger partial charge on any atom is 0.347 e. The van der Waals surface area contributed by atoms with Crippen LogP contribution in [-0.2, 0) is 4.79 Å². The van der Waals surface area contributed by atoms with Crippen LogP contribution in [0, 0.1) is 0 Å². The molecule has 0 N–H and O–H groups in total. The third kappa shape index (κ3) is 5.27. The van der Waals surface area contributed by atoms with E-state index in [4.69, 9.17) is 9.47 Å². The van der Waals surface area contributed by atoms with Gasteiger partial charge in [0.25, 0.3) is 0 Å². The second-order valence-electron chi connectivity index (χ2n) is 7.66. The molecule has 0 fully saturated rings. The van der Waals surface area contributed by atoms with Crippen LogP contribution < -0.4 is 9.47 Å². The molecule has 0 aromatic heterocycles. The van der Waals surface area contributed by atoms with Gasteiger partial charge in [0.15, 0.2) is 5.78 Å². The summed E-state index contributed by atoms with van der Waals surface area (Å²) in [6.45, 7) is 1.69. The van der Waals surface area contributed by atoms with E-state index < -0.39 is 17.9 Å². The summed E-state index contributed by atoms with van der Waals surface area (Å²) in [6, 6.07) is 30.9. The molecule has 0 aliphatic heterocycles. The van der Waals surface area contributed by atoms with Crippen molar-refractivity contribution in [3.63, 3.8) is 0 Å². The Balaban J connectivity index is 1.51. The fourth-order valence-corrected chi connectivity index (χ4v) is 3.41. The van der Waals surface area contributed by atoms with E-state index >= 15 is 0 Å². The molecular formula is C29H22O5. The standard InChI is InChI=1S/C29H22O5/c1-20(22-13-10-14-23(19-22)27(30)21-11-4-2-5-12-21)28(31)34-26-18-9-8-17-25(26)29(32)33-24-15-6-3-7-16-24/h2-20H,1H3/t20-/m1/s1. The molecule has 34 heavy (non-hydrogen) atoms. The minimum atomic E-state index is -0.665. The van der Waals surface area contributed by atoms with Crippen LogP contribution in [0.4, 0.5) is 0 Å². The van der Waals surface area contributed by atoms with E-state index in [1.54, 1.807) is 97.9 Å². The van der Waals surface area contributed by atoms with Crippen LogP contribution in [-0.4, -0.2) is 17.7 Å². The lowest BCUT2D eigenvalue weighted by Gasteiger charge is -2.14. The number of ether oxygens (including phenoxy) is 2. The van der Waals surface area contributed by atoms with Gasteiger partial charge in [0, 0.05) is 11.1 Å². The Kier molecular flexibility index (Phi) is 6.94. The Hall–Kier alpha value is -4.51. The largest absolute Gasteiger partial charge is 0.425 e. The molecule has 0 heterocycles. The molecule has 4 aromatic rings. The zero-order valence-corrected chi connectivity index (χ0v) is 18.5. The molecule has 0 aliphatic carbocycles. The summed E-state index contributed by atoms with van der Waals surface area (Å²) in [5.41, 5.74) is 1.83. The fraction of sp³-hybridized carbons (Fsp3) is 0.0690. The van der Waals surface area contributed by atoms with Crippen LogP contribution in [0.1, 0.15) is 44.7 Å². The predicted molar refractivity (Wildman–Crippen MR) is 128 cm³/mol. The number of esters is 2. The average molecular weight is 450 g/mol. The van der Waals surface area contributed by atoms with Crippen LogP contribution in [0.25, 0.3) is 0 Å². The first-order valence-corrected chi connectivity index (χ1v) is 10.8. The summed E-state index contributed by atoms with van der Waals surface area (Å²) >= 11 is 0. The monoisotopic (exact) mass is 450 g/mol. The predicted octanol–water partition coefficient (Wildman–Crippen LogP) is 5.85. The Morgan fingerprint density at radius 2 is 1.26 bits per heavy atom. The van der Waals surface area contributed by atoms with Gasteiger partial charge in [-0.3, -0.25) is 9.59 Å². The lowest BCUT2D eigenvalue weighted by Crippen LogP contribution is -2.19. The zero-order valence-electron chi connectivity index (χ0n) is 18.5. The summed E-state index contributed by atoms with van der Waals surface area (Å²) in [5, 5.41) is 0. The number of hydrogen-bond acceptors (Lipinski definition) is 5. The minimum Gasteiger partial charge on any atom is -0.425 e. The molecule has 4 aromatic carbocycles. The van der Waals surface area contributed by atoms with Crippen LogP contribution in [0.2, 0.25) is 0 Å². The zero-order chi connectivity index (χ0) is 23.9. The molecule has 4 rings (SSSR count). The van der Waals surface area contributed by atoms with Crippen LogP contribution in [0.3, 0.4) is 0 Å². The van der Waals surface area contributed by atoms with E-state index in [9.17, 15) is 14.4 Å². The third-order valence-electron chi connectivity index (χ3n) is 5.31. The van der Waals surface area contributed by atoms with E-state index in [0.29, 0.717) is 22.4 Å². The molecule has 0 unspecified atom stereocenters. The minimum absolute atomic E-state index is 0.108. The highest BCUT2D eigenvalue weighted by molar-refractivity contribution is 6.09. The lowest BCUT2D eigenvalue weighted by molar-refractivity contribution is -0.135. The van der Waals surface area contributed by atoms with Crippen molar-refractivity contribution in [2.24, 2.45) is 0 Å². The van der Waals surface area contributed by atoms with Crippen molar-refractivity contribution in [1.29, 1.82) is 0 Å². The van der Waals surface area contributed by atoms with Gasteiger partial charge < -0.3 is 9.47 Å². The molecular weight excluding hydrogens is 428 g/mol. The first-order valence-electron chi connectivity index (χ1n) is 10.8. The number of carbonyl (C=O) groups is 3. The average Bonchev–Trinajstić information content (AvgIpc) is 2.89. The van der Waals surface area contributed by atoms with Crippen molar-refractivity contribution < 1.29 is 23.9 Å². The lowest BCUT2D eigenvalue weighted by atomic mass is 9.96. The Labute approximate surface area is 197 Å². The number of rotatable bonds is 7. The van der Waals surface area contributed by atoms with Crippen molar-refractivity contribution >= 4 is 17.7 Å². The molecule has 5 nitrogen and oxygen atoms in total. The molecule has 5 heteroatoms. The van der Waals surface area contributed by atoms with Crippen LogP contribution in [0.5, 0.6) is 11.5 Å². The number of ketones is 1. The van der Waals surface area contributed by atoms with Gasteiger partial charge in [0.05, 0.1) is 5.92 Å². The SMILES string of the molecule is C[C@@H](C(=O)Oc1ccccc1C(=O)Oc1ccccc1)c1cccc(C(=O)c2ccccc2)c1. The topological polar surface area (TPSA) is 69.7 Å². The van der Waals surface area contributed by atoms with Crippen LogP contribution >= 0.6 is 0 Å². The highest BCUT2D eigenvalue weighted by atomic mass is 16.5. The normalized spacial score (nSPS) is 11.3. The van der Waals surface area contributed by atoms with Gasteiger partial charge in [-0.2, -0.15) is 0 Å². The molecule has 0 aliphatic rings. The van der Waals surface area contributed by atoms with Crippen molar-refractivity contribution in [1.82, 2.24) is 0 Å². The van der Waals surface area contributed by atoms with Gasteiger partial charge in [0.2, 0.25) is 0 Å². The van der Waals surface area contributed by atoms with Gasteiger partial charge in [0.1, 0.15) is 17.1 Å². The van der Waals surface area contributed by atoms with Crippen molar-refractivity contribution in [3.05, 3.63) is 131 Å². The molecule has 0 radical (unpaired) electrons. The van der Waals surface area contributed by atoms with E-state index in [0.717, 1.165) is 0 Å². The molecule has 0 saturated heterocycles. The maximum absolute atomic E-state index is 12.9. The van der Waals surface area contributed by atoms with Gasteiger partial charge in [-0.05, 0) is 42.8 Å². The number of benzene rings is 4. The van der Waals surface area contributed by atoms with E-state index in [-0.39, 0.29) is 17.1 Å². The van der Waals surface area contributed by atoms with E-state index in [1.165, 1.54) is 6.07 Å². The molecule has 0 amide bonds. The van der Waals surface area contributed by atoms with E-state index in [1.807, 2.05) is 12.1 Å². The van der Waals surface area contributed by atoms with Crippen molar-refractivity contribution in [2.45, 2.75) is 12.8 Å². The third-order valence-corrected chi connectivity index (χ3v) is 5.31. The van der Waals surface area contributed by atoms with Crippen molar-refractivity contribution in [3.8, 4) is 11.5 Å². The molecule has 168 valence electrons. The quantitative estimate of drug-likeness (QED) is 0.201. The number of para-hydroxylation sites is 2. The van der Waals surface area contributed by atoms with Gasteiger partial charge in [-0.15, -0.1) is 0 Å². The molecule has 0 bridgehead atoms. The first kappa shape index (κ1) is 22.7. The summed E-state index contributed by atoms with van der Waals surface area (Å²) in [4.78, 5) is 38.4.